The van der Waals surface area contributed by atoms with Crippen LogP contribution >= 0.6 is 0 Å². The first-order chi connectivity index (χ1) is 10.1. The Kier molecular flexibility index (Phi) is 3.99. The third-order valence-electron chi connectivity index (χ3n) is 3.86. The van der Waals surface area contributed by atoms with Gasteiger partial charge in [0.1, 0.15) is 11.4 Å². The predicted octanol–water partition coefficient (Wildman–Crippen LogP) is 2.46. The van der Waals surface area contributed by atoms with Crippen LogP contribution in [0, 0.1) is 0 Å². The van der Waals surface area contributed by atoms with Crippen molar-refractivity contribution in [1.82, 2.24) is 0 Å². The van der Waals surface area contributed by atoms with Crippen molar-refractivity contribution < 1.29 is 23.0 Å². The van der Waals surface area contributed by atoms with Gasteiger partial charge in [0, 0.05) is 31.3 Å². The van der Waals surface area contributed by atoms with Gasteiger partial charge in [0.25, 0.3) is 0 Å². The van der Waals surface area contributed by atoms with Gasteiger partial charge in [-0.1, -0.05) is 6.07 Å². The fourth-order valence-corrected chi connectivity index (χ4v) is 2.83. The van der Waals surface area contributed by atoms with Crippen LogP contribution in [0.4, 0.5) is 14.5 Å². The monoisotopic (exact) mass is 299 g/mol. The third-order valence-corrected chi connectivity index (χ3v) is 3.86. The van der Waals surface area contributed by atoms with Crippen LogP contribution in [-0.4, -0.2) is 45.1 Å². The van der Waals surface area contributed by atoms with Gasteiger partial charge in [-0.3, -0.25) is 0 Å². The van der Waals surface area contributed by atoms with Crippen LogP contribution in [0.5, 0.6) is 5.75 Å². The predicted molar refractivity (Wildman–Crippen MR) is 74.2 cm³/mol. The maximum atomic E-state index is 12.2. The molecule has 1 aromatic carbocycles. The summed E-state index contributed by atoms with van der Waals surface area (Å²) in [5.41, 5.74) is 1.39. The Morgan fingerprint density at radius 3 is 2.81 bits per heavy atom. The molecule has 1 unspecified atom stereocenters. The molecule has 0 aliphatic carbocycles. The molecule has 0 aromatic heterocycles. The summed E-state index contributed by atoms with van der Waals surface area (Å²) in [7, 11) is 0. The van der Waals surface area contributed by atoms with Crippen molar-refractivity contribution >= 4 is 5.69 Å². The van der Waals surface area contributed by atoms with E-state index in [-0.39, 0.29) is 6.61 Å². The van der Waals surface area contributed by atoms with Crippen molar-refractivity contribution in [2.45, 2.75) is 25.6 Å². The topological polar surface area (TPSA) is 30.9 Å². The zero-order valence-electron chi connectivity index (χ0n) is 12.0. The van der Waals surface area contributed by atoms with E-state index in [1.54, 1.807) is 6.92 Å². The SMILES string of the molecule is CC1(COC(F)F)Cc2ccc(N3CCOCC3)cc2O1. The Morgan fingerprint density at radius 1 is 1.33 bits per heavy atom. The minimum Gasteiger partial charge on any atom is -0.484 e. The van der Waals surface area contributed by atoms with Gasteiger partial charge in [0.2, 0.25) is 0 Å². The van der Waals surface area contributed by atoms with Crippen LogP contribution in [-0.2, 0) is 15.9 Å². The van der Waals surface area contributed by atoms with Gasteiger partial charge in [-0.05, 0) is 18.6 Å². The van der Waals surface area contributed by atoms with E-state index in [2.05, 4.69) is 9.64 Å². The van der Waals surface area contributed by atoms with Crippen LogP contribution in [0.2, 0.25) is 0 Å². The number of benzene rings is 1. The molecule has 116 valence electrons. The summed E-state index contributed by atoms with van der Waals surface area (Å²) in [6, 6.07) is 6.04. The molecule has 0 spiro atoms. The zero-order chi connectivity index (χ0) is 14.9. The first-order valence-corrected chi connectivity index (χ1v) is 7.10. The molecule has 0 bridgehead atoms. The Balaban J connectivity index is 1.71. The van der Waals surface area contributed by atoms with Gasteiger partial charge in [-0.15, -0.1) is 0 Å². The number of halogens is 2. The highest BCUT2D eigenvalue weighted by Gasteiger charge is 2.36. The Morgan fingerprint density at radius 2 is 2.10 bits per heavy atom. The molecular formula is C15H19F2NO3. The van der Waals surface area contributed by atoms with Crippen molar-refractivity contribution in [3.8, 4) is 5.75 Å². The molecule has 2 heterocycles. The van der Waals surface area contributed by atoms with E-state index in [9.17, 15) is 8.78 Å². The highest BCUT2D eigenvalue weighted by molar-refractivity contribution is 5.55. The Labute approximate surface area is 122 Å². The zero-order valence-corrected chi connectivity index (χ0v) is 12.0. The number of nitrogens with zero attached hydrogens (tertiary/aromatic N) is 1. The molecular weight excluding hydrogens is 280 g/mol. The molecule has 21 heavy (non-hydrogen) atoms. The van der Waals surface area contributed by atoms with Gasteiger partial charge in [0.05, 0.1) is 19.8 Å². The number of anilines is 1. The van der Waals surface area contributed by atoms with Crippen molar-refractivity contribution in [3.63, 3.8) is 0 Å². The van der Waals surface area contributed by atoms with Crippen LogP contribution < -0.4 is 9.64 Å². The first kappa shape index (κ1) is 14.5. The number of rotatable bonds is 4. The summed E-state index contributed by atoms with van der Waals surface area (Å²) < 4.78 is 40.0. The lowest BCUT2D eigenvalue weighted by Crippen LogP contribution is -2.37. The summed E-state index contributed by atoms with van der Waals surface area (Å²) in [6.45, 7) is 2.05. The number of alkyl halides is 2. The molecule has 1 saturated heterocycles. The fourth-order valence-electron chi connectivity index (χ4n) is 2.83. The van der Waals surface area contributed by atoms with Crippen molar-refractivity contribution in [1.29, 1.82) is 0 Å². The van der Waals surface area contributed by atoms with E-state index >= 15 is 0 Å². The summed E-state index contributed by atoms with van der Waals surface area (Å²) >= 11 is 0. The molecule has 0 saturated carbocycles. The number of hydrogen-bond acceptors (Lipinski definition) is 4. The molecule has 2 aliphatic rings. The summed E-state index contributed by atoms with van der Waals surface area (Å²) in [5, 5.41) is 0. The van der Waals surface area contributed by atoms with Crippen LogP contribution in [0.15, 0.2) is 18.2 Å². The standard InChI is InChI=1S/C15H19F2NO3/c1-15(10-20-14(16)17)9-11-2-3-12(8-13(11)21-15)18-4-6-19-7-5-18/h2-3,8,14H,4-7,9-10H2,1H3. The molecule has 0 radical (unpaired) electrons. The first-order valence-electron chi connectivity index (χ1n) is 7.10. The number of hydrogen-bond donors (Lipinski definition) is 0. The van der Waals surface area contributed by atoms with Crippen molar-refractivity contribution in [2.24, 2.45) is 0 Å². The second kappa shape index (κ2) is 5.77. The molecule has 0 amide bonds. The molecule has 1 atom stereocenters. The van der Waals surface area contributed by atoms with Crippen LogP contribution in [0.25, 0.3) is 0 Å². The molecule has 1 aromatic rings. The van der Waals surface area contributed by atoms with Gasteiger partial charge in [0.15, 0.2) is 0 Å². The van der Waals surface area contributed by atoms with E-state index in [1.165, 1.54) is 0 Å². The van der Waals surface area contributed by atoms with Gasteiger partial charge >= 0.3 is 6.61 Å². The van der Waals surface area contributed by atoms with E-state index in [0.717, 1.165) is 43.3 Å². The Bertz CT molecular complexity index is 506. The highest BCUT2D eigenvalue weighted by Crippen LogP contribution is 2.38. The van der Waals surface area contributed by atoms with Crippen molar-refractivity contribution in [3.05, 3.63) is 23.8 Å². The number of ether oxygens (including phenoxy) is 3. The lowest BCUT2D eigenvalue weighted by Gasteiger charge is -2.29. The number of morpholine rings is 1. The molecule has 1 fully saturated rings. The van der Waals surface area contributed by atoms with Gasteiger partial charge in [-0.2, -0.15) is 8.78 Å². The quantitative estimate of drug-likeness (QED) is 0.854. The molecule has 0 N–H and O–H groups in total. The summed E-state index contributed by atoms with van der Waals surface area (Å²) in [6.07, 6.45) is 0.582. The van der Waals surface area contributed by atoms with E-state index in [0.29, 0.717) is 6.42 Å². The smallest absolute Gasteiger partial charge is 0.345 e. The maximum Gasteiger partial charge on any atom is 0.345 e. The maximum absolute atomic E-state index is 12.2. The molecule has 6 heteroatoms. The molecule has 4 nitrogen and oxygen atoms in total. The fraction of sp³-hybridized carbons (Fsp3) is 0.600. The minimum absolute atomic E-state index is 0.119. The second-order valence-corrected chi connectivity index (χ2v) is 5.69. The number of fused-ring (bicyclic) bond motifs is 1. The van der Waals surface area contributed by atoms with E-state index < -0.39 is 12.2 Å². The van der Waals surface area contributed by atoms with E-state index in [4.69, 9.17) is 9.47 Å². The van der Waals surface area contributed by atoms with E-state index in [1.807, 2.05) is 18.2 Å². The van der Waals surface area contributed by atoms with Gasteiger partial charge < -0.3 is 19.1 Å². The largest absolute Gasteiger partial charge is 0.484 e. The minimum atomic E-state index is -2.77. The average Bonchev–Trinajstić information content (AvgIpc) is 2.82. The van der Waals surface area contributed by atoms with Gasteiger partial charge in [-0.25, -0.2) is 0 Å². The van der Waals surface area contributed by atoms with Crippen LogP contribution in [0.3, 0.4) is 0 Å². The normalized spacial score (nSPS) is 25.0. The highest BCUT2D eigenvalue weighted by atomic mass is 19.3. The third kappa shape index (κ3) is 3.27. The summed E-state index contributed by atoms with van der Waals surface area (Å²) in [4.78, 5) is 2.23. The van der Waals surface area contributed by atoms with Crippen LogP contribution in [0.1, 0.15) is 12.5 Å². The summed E-state index contributed by atoms with van der Waals surface area (Å²) in [5.74, 6) is 0.763. The Hall–Kier alpha value is -1.40. The lowest BCUT2D eigenvalue weighted by molar-refractivity contribution is -0.158. The molecule has 2 aliphatic heterocycles. The lowest BCUT2D eigenvalue weighted by atomic mass is 10.00. The van der Waals surface area contributed by atoms with Crippen molar-refractivity contribution in [2.75, 3.05) is 37.8 Å². The molecule has 3 rings (SSSR count). The second-order valence-electron chi connectivity index (χ2n) is 5.69. The average molecular weight is 299 g/mol.